The first kappa shape index (κ1) is 10.7. The summed E-state index contributed by atoms with van der Waals surface area (Å²) in [6, 6.07) is 8.49. The summed E-state index contributed by atoms with van der Waals surface area (Å²) in [6.45, 7) is 0.294. The molecule has 2 aromatic heterocycles. The van der Waals surface area contributed by atoms with Gasteiger partial charge in [-0.05, 0) is 35.9 Å². The van der Waals surface area contributed by atoms with Crippen molar-refractivity contribution in [1.29, 1.82) is 0 Å². The third-order valence-corrected chi connectivity index (χ3v) is 2.15. The average molecular weight is 237 g/mol. The predicted octanol–water partition coefficient (Wildman–Crippen LogP) is 2.26. The Morgan fingerprint density at radius 1 is 1.38 bits per heavy atom. The van der Waals surface area contributed by atoms with E-state index in [4.69, 9.17) is 16.0 Å². The number of amides is 1. The lowest BCUT2D eigenvalue weighted by Gasteiger charge is -2.01. The fraction of sp³-hybridized carbons (Fsp3) is 0.0909. The van der Waals surface area contributed by atoms with Crippen LogP contribution in [0, 0.1) is 0 Å². The summed E-state index contributed by atoms with van der Waals surface area (Å²) in [7, 11) is 0. The van der Waals surface area contributed by atoms with Crippen LogP contribution in [0.2, 0.25) is 5.22 Å². The van der Waals surface area contributed by atoms with Crippen molar-refractivity contribution in [3.63, 3.8) is 0 Å². The van der Waals surface area contributed by atoms with E-state index in [2.05, 4.69) is 10.3 Å². The van der Waals surface area contributed by atoms with E-state index in [0.717, 1.165) is 0 Å². The van der Waals surface area contributed by atoms with Gasteiger partial charge in [0.15, 0.2) is 5.22 Å². The van der Waals surface area contributed by atoms with Crippen LogP contribution in [0.1, 0.15) is 16.2 Å². The minimum Gasteiger partial charge on any atom is -0.448 e. The van der Waals surface area contributed by atoms with Gasteiger partial charge < -0.3 is 9.73 Å². The maximum Gasteiger partial charge on any atom is 0.270 e. The highest BCUT2D eigenvalue weighted by Gasteiger charge is 2.06. The normalized spacial score (nSPS) is 10.1. The molecule has 0 aromatic carbocycles. The van der Waals surface area contributed by atoms with Crippen molar-refractivity contribution in [1.82, 2.24) is 10.3 Å². The topological polar surface area (TPSA) is 55.1 Å². The van der Waals surface area contributed by atoms with Crippen molar-refractivity contribution < 1.29 is 9.21 Å². The maximum absolute atomic E-state index is 11.6. The molecule has 0 aliphatic heterocycles. The molecule has 0 saturated heterocycles. The molecule has 0 fully saturated rings. The van der Waals surface area contributed by atoms with Gasteiger partial charge in [0.2, 0.25) is 0 Å². The number of nitrogens with one attached hydrogen (secondary N) is 1. The number of halogens is 1. The Balaban J connectivity index is 1.94. The summed E-state index contributed by atoms with van der Waals surface area (Å²) in [5.41, 5.74) is 0.375. The fourth-order valence-corrected chi connectivity index (χ4v) is 1.36. The molecule has 4 nitrogen and oxygen atoms in total. The number of pyridine rings is 1. The van der Waals surface area contributed by atoms with Crippen LogP contribution in [-0.2, 0) is 6.54 Å². The molecule has 1 amide bonds. The second-order valence-electron chi connectivity index (χ2n) is 3.10. The van der Waals surface area contributed by atoms with Crippen molar-refractivity contribution >= 4 is 17.5 Å². The van der Waals surface area contributed by atoms with Crippen molar-refractivity contribution in [3.8, 4) is 0 Å². The molecule has 1 N–H and O–H groups in total. The van der Waals surface area contributed by atoms with E-state index in [1.165, 1.54) is 0 Å². The SMILES string of the molecule is O=C(NCc1ccc(Cl)o1)c1ccccn1. The minimum absolute atomic E-state index is 0.242. The Hall–Kier alpha value is -1.81. The first-order valence-corrected chi connectivity index (χ1v) is 5.07. The van der Waals surface area contributed by atoms with Crippen LogP contribution >= 0.6 is 11.6 Å². The van der Waals surface area contributed by atoms with E-state index in [1.54, 1.807) is 36.5 Å². The third-order valence-electron chi connectivity index (χ3n) is 1.95. The van der Waals surface area contributed by atoms with Gasteiger partial charge in [-0.2, -0.15) is 0 Å². The molecule has 0 radical (unpaired) electrons. The lowest BCUT2D eigenvalue weighted by molar-refractivity contribution is 0.0943. The van der Waals surface area contributed by atoms with Crippen LogP contribution in [0.25, 0.3) is 0 Å². The fourth-order valence-electron chi connectivity index (χ4n) is 1.20. The number of hydrogen-bond donors (Lipinski definition) is 1. The highest BCUT2D eigenvalue weighted by Crippen LogP contribution is 2.12. The molecule has 5 heteroatoms. The van der Waals surface area contributed by atoms with E-state index in [-0.39, 0.29) is 5.91 Å². The molecule has 2 rings (SSSR count). The molecule has 0 bridgehead atoms. The van der Waals surface area contributed by atoms with Crippen LogP contribution in [-0.4, -0.2) is 10.9 Å². The van der Waals surface area contributed by atoms with Crippen molar-refractivity contribution in [3.05, 3.63) is 53.2 Å². The van der Waals surface area contributed by atoms with Crippen LogP contribution in [0.3, 0.4) is 0 Å². The molecule has 16 heavy (non-hydrogen) atoms. The highest BCUT2D eigenvalue weighted by atomic mass is 35.5. The number of aromatic nitrogens is 1. The van der Waals surface area contributed by atoms with Crippen LogP contribution in [0.4, 0.5) is 0 Å². The zero-order valence-corrected chi connectivity index (χ0v) is 9.07. The Bertz CT molecular complexity index is 482. The van der Waals surface area contributed by atoms with E-state index >= 15 is 0 Å². The molecule has 0 aliphatic carbocycles. The smallest absolute Gasteiger partial charge is 0.270 e. The van der Waals surface area contributed by atoms with Gasteiger partial charge in [0, 0.05) is 6.20 Å². The Morgan fingerprint density at radius 3 is 2.88 bits per heavy atom. The number of carbonyl (C=O) groups is 1. The standard InChI is InChI=1S/C11H9ClN2O2/c12-10-5-4-8(16-10)7-14-11(15)9-3-1-2-6-13-9/h1-6H,7H2,(H,14,15). The lowest BCUT2D eigenvalue weighted by Crippen LogP contribution is -2.23. The van der Waals surface area contributed by atoms with E-state index in [9.17, 15) is 4.79 Å². The number of hydrogen-bond acceptors (Lipinski definition) is 3. The molecule has 0 saturated carbocycles. The van der Waals surface area contributed by atoms with Crippen LogP contribution in [0.15, 0.2) is 40.9 Å². The zero-order valence-electron chi connectivity index (χ0n) is 8.31. The lowest BCUT2D eigenvalue weighted by atomic mass is 10.3. The molecular formula is C11H9ClN2O2. The second kappa shape index (κ2) is 4.81. The van der Waals surface area contributed by atoms with E-state index < -0.39 is 0 Å². The van der Waals surface area contributed by atoms with Gasteiger partial charge in [0.1, 0.15) is 11.5 Å². The monoisotopic (exact) mass is 236 g/mol. The number of nitrogens with zero attached hydrogens (tertiary/aromatic N) is 1. The Kier molecular flexibility index (Phi) is 3.22. The van der Waals surface area contributed by atoms with Gasteiger partial charge in [0.05, 0.1) is 6.54 Å². The number of rotatable bonds is 3. The highest BCUT2D eigenvalue weighted by molar-refractivity contribution is 6.28. The number of carbonyl (C=O) groups excluding carboxylic acids is 1. The van der Waals surface area contributed by atoms with Crippen LogP contribution < -0.4 is 5.32 Å². The molecule has 0 aliphatic rings. The van der Waals surface area contributed by atoms with Gasteiger partial charge in [-0.1, -0.05) is 6.07 Å². The van der Waals surface area contributed by atoms with Gasteiger partial charge >= 0.3 is 0 Å². The summed E-state index contributed by atoms with van der Waals surface area (Å²) < 4.78 is 5.10. The Labute approximate surface area is 97.2 Å². The van der Waals surface area contributed by atoms with Gasteiger partial charge in [-0.3, -0.25) is 9.78 Å². The molecule has 0 spiro atoms. The number of furan rings is 1. The van der Waals surface area contributed by atoms with E-state index in [0.29, 0.717) is 23.2 Å². The van der Waals surface area contributed by atoms with Gasteiger partial charge in [0.25, 0.3) is 5.91 Å². The van der Waals surface area contributed by atoms with Gasteiger partial charge in [-0.25, -0.2) is 0 Å². The summed E-state index contributed by atoms with van der Waals surface area (Å²) >= 11 is 5.60. The second-order valence-corrected chi connectivity index (χ2v) is 3.48. The quantitative estimate of drug-likeness (QED) is 0.889. The predicted molar refractivity (Wildman–Crippen MR) is 59.1 cm³/mol. The minimum atomic E-state index is -0.242. The van der Waals surface area contributed by atoms with Crippen molar-refractivity contribution in [2.75, 3.05) is 0 Å². The largest absolute Gasteiger partial charge is 0.448 e. The molecule has 0 atom stereocenters. The van der Waals surface area contributed by atoms with Crippen molar-refractivity contribution in [2.45, 2.75) is 6.54 Å². The van der Waals surface area contributed by atoms with Crippen molar-refractivity contribution in [2.24, 2.45) is 0 Å². The summed E-state index contributed by atoms with van der Waals surface area (Å²) in [5, 5.41) is 2.98. The van der Waals surface area contributed by atoms with Crippen LogP contribution in [0.5, 0.6) is 0 Å². The zero-order chi connectivity index (χ0) is 11.4. The summed E-state index contributed by atoms with van der Waals surface area (Å²) in [5.74, 6) is 0.363. The van der Waals surface area contributed by atoms with E-state index in [1.807, 2.05) is 0 Å². The summed E-state index contributed by atoms with van der Waals surface area (Å²) in [4.78, 5) is 15.5. The molecule has 0 unspecified atom stereocenters. The molecular weight excluding hydrogens is 228 g/mol. The first-order chi connectivity index (χ1) is 7.75. The average Bonchev–Trinajstić information content (AvgIpc) is 2.73. The Morgan fingerprint density at radius 2 is 2.25 bits per heavy atom. The van der Waals surface area contributed by atoms with Gasteiger partial charge in [-0.15, -0.1) is 0 Å². The third kappa shape index (κ3) is 2.61. The maximum atomic E-state index is 11.6. The molecule has 82 valence electrons. The first-order valence-electron chi connectivity index (χ1n) is 4.69. The molecule has 2 aromatic rings. The molecule has 2 heterocycles. The summed E-state index contributed by atoms with van der Waals surface area (Å²) in [6.07, 6.45) is 1.57.